The molecule has 2 atom stereocenters. The van der Waals surface area contributed by atoms with Gasteiger partial charge < -0.3 is 15.1 Å². The third kappa shape index (κ3) is 7.66. The van der Waals surface area contributed by atoms with Gasteiger partial charge in [0.15, 0.2) is 0 Å². The smallest absolute Gasteiger partial charge is 0.475 e. The highest BCUT2D eigenvalue weighted by molar-refractivity contribution is 6.00. The number of nitrogens with zero attached hydrogens (tertiary/aromatic N) is 5. The molecule has 0 aromatic carbocycles. The Bertz CT molecular complexity index is 1100. The molecule has 0 saturated carbocycles. The number of amides is 1. The van der Waals surface area contributed by atoms with Crippen LogP contribution < -0.4 is 4.90 Å². The largest absolute Gasteiger partial charge is 0.490 e. The van der Waals surface area contributed by atoms with Crippen LogP contribution in [0.1, 0.15) is 18.9 Å². The van der Waals surface area contributed by atoms with Crippen LogP contribution in [-0.2, 0) is 28.0 Å². The highest BCUT2D eigenvalue weighted by atomic mass is 19.4. The van der Waals surface area contributed by atoms with E-state index in [1.807, 2.05) is 41.2 Å². The van der Waals surface area contributed by atoms with Crippen molar-refractivity contribution in [2.24, 2.45) is 18.4 Å². The van der Waals surface area contributed by atoms with Crippen molar-refractivity contribution in [2.45, 2.75) is 32.2 Å². The molecule has 38 heavy (non-hydrogen) atoms. The first-order valence-electron chi connectivity index (χ1n) is 11.0. The van der Waals surface area contributed by atoms with Gasteiger partial charge >= 0.3 is 24.3 Å². The standard InChI is InChI=1S/C18H23N5O.2C2HF3O2/c1-14-10-22(12-15-8-20-21(2)11-15)13-18(14)5-7-23(17(18)24)16-4-3-6-19-9-16;2*3-2(4,5)1(6)7/h3-4,6,8-9,11,14H,5,7,10,12-13H2,1-2H3;2*(H,6,7)/t14-,18-;;/m1../s1. The Kier molecular flexibility index (Phi) is 9.47. The highest BCUT2D eigenvalue weighted by Crippen LogP contribution is 2.46. The summed E-state index contributed by atoms with van der Waals surface area (Å²) < 4.78 is 65.3. The van der Waals surface area contributed by atoms with Crippen LogP contribution in [0.15, 0.2) is 36.9 Å². The molecule has 0 unspecified atom stereocenters. The van der Waals surface area contributed by atoms with Crippen LogP contribution in [0.5, 0.6) is 0 Å². The number of pyridine rings is 1. The number of alkyl halides is 6. The molecule has 0 bridgehead atoms. The maximum atomic E-state index is 13.2. The van der Waals surface area contributed by atoms with Crippen molar-refractivity contribution in [2.75, 3.05) is 24.5 Å². The lowest BCUT2D eigenvalue weighted by Crippen LogP contribution is -2.39. The van der Waals surface area contributed by atoms with Gasteiger partial charge in [0.1, 0.15) is 0 Å². The number of carboxylic acid groups (broad SMARTS) is 2. The summed E-state index contributed by atoms with van der Waals surface area (Å²) in [5.74, 6) is -4.89. The number of halogens is 6. The number of rotatable bonds is 3. The number of likely N-dealkylation sites (tertiary alicyclic amines) is 1. The Hall–Kier alpha value is -3.69. The second-order valence-corrected chi connectivity index (χ2v) is 8.77. The number of aryl methyl sites for hydroxylation is 1. The van der Waals surface area contributed by atoms with Gasteiger partial charge in [-0.05, 0) is 24.5 Å². The first-order chi connectivity index (χ1) is 17.5. The zero-order valence-electron chi connectivity index (χ0n) is 20.2. The second-order valence-electron chi connectivity index (χ2n) is 8.77. The van der Waals surface area contributed by atoms with Crippen molar-refractivity contribution in [3.8, 4) is 0 Å². The maximum Gasteiger partial charge on any atom is 0.490 e. The van der Waals surface area contributed by atoms with Gasteiger partial charge in [0.2, 0.25) is 5.91 Å². The molecule has 210 valence electrons. The van der Waals surface area contributed by atoms with E-state index in [2.05, 4.69) is 21.9 Å². The fourth-order valence-corrected chi connectivity index (χ4v) is 4.27. The third-order valence-corrected chi connectivity index (χ3v) is 6.04. The fraction of sp³-hybridized carbons (Fsp3) is 0.500. The summed E-state index contributed by atoms with van der Waals surface area (Å²) in [5.41, 5.74) is 1.87. The number of hydrogen-bond acceptors (Lipinski definition) is 6. The molecule has 10 nitrogen and oxygen atoms in total. The highest BCUT2D eigenvalue weighted by Gasteiger charge is 2.55. The van der Waals surface area contributed by atoms with Gasteiger partial charge in [-0.2, -0.15) is 31.4 Å². The number of carbonyl (C=O) groups excluding carboxylic acids is 1. The van der Waals surface area contributed by atoms with E-state index in [-0.39, 0.29) is 11.3 Å². The van der Waals surface area contributed by atoms with Gasteiger partial charge in [-0.25, -0.2) is 9.59 Å². The van der Waals surface area contributed by atoms with E-state index < -0.39 is 24.3 Å². The second kappa shape index (κ2) is 11.8. The normalized spacial score (nSPS) is 21.5. The van der Waals surface area contributed by atoms with E-state index in [1.54, 1.807) is 12.4 Å². The Morgan fingerprint density at radius 3 is 2.13 bits per heavy atom. The lowest BCUT2D eigenvalue weighted by atomic mass is 9.78. The van der Waals surface area contributed by atoms with Crippen LogP contribution in [0.4, 0.5) is 32.0 Å². The summed E-state index contributed by atoms with van der Waals surface area (Å²) in [6.07, 6.45) is -1.76. The molecule has 2 aliphatic rings. The van der Waals surface area contributed by atoms with Crippen molar-refractivity contribution in [1.29, 1.82) is 0 Å². The summed E-state index contributed by atoms with van der Waals surface area (Å²) >= 11 is 0. The predicted molar refractivity (Wildman–Crippen MR) is 119 cm³/mol. The molecule has 2 aromatic heterocycles. The lowest BCUT2D eigenvalue weighted by Gasteiger charge is -2.26. The lowest BCUT2D eigenvalue weighted by molar-refractivity contribution is -0.193. The number of carbonyl (C=O) groups is 3. The first kappa shape index (κ1) is 30.5. The Morgan fingerprint density at radius 1 is 1.11 bits per heavy atom. The van der Waals surface area contributed by atoms with Gasteiger partial charge in [0.05, 0.1) is 23.5 Å². The van der Waals surface area contributed by atoms with Gasteiger partial charge in [-0.15, -0.1) is 0 Å². The molecule has 2 aliphatic heterocycles. The summed E-state index contributed by atoms with van der Waals surface area (Å²) in [6.45, 7) is 5.66. The quantitative estimate of drug-likeness (QED) is 0.556. The van der Waals surface area contributed by atoms with E-state index in [9.17, 15) is 31.1 Å². The summed E-state index contributed by atoms with van der Waals surface area (Å²) in [5, 5.41) is 18.5. The molecule has 2 fully saturated rings. The molecule has 4 rings (SSSR count). The zero-order chi connectivity index (χ0) is 28.9. The maximum absolute atomic E-state index is 13.2. The van der Waals surface area contributed by atoms with Crippen molar-refractivity contribution in [1.82, 2.24) is 19.7 Å². The number of anilines is 1. The molecule has 2 aromatic rings. The minimum atomic E-state index is -5.08. The molecular weight excluding hydrogens is 528 g/mol. The van der Waals surface area contributed by atoms with E-state index in [1.165, 1.54) is 5.56 Å². The molecule has 0 aliphatic carbocycles. The van der Waals surface area contributed by atoms with Crippen molar-refractivity contribution >= 4 is 23.5 Å². The van der Waals surface area contributed by atoms with Crippen LogP contribution in [-0.4, -0.2) is 79.7 Å². The first-order valence-corrected chi connectivity index (χ1v) is 11.0. The van der Waals surface area contributed by atoms with Crippen LogP contribution in [0.25, 0.3) is 0 Å². The molecule has 16 heteroatoms. The van der Waals surface area contributed by atoms with Crippen molar-refractivity contribution in [3.05, 3.63) is 42.5 Å². The summed E-state index contributed by atoms with van der Waals surface area (Å²) in [4.78, 5) is 39.5. The molecular formula is C22H25F6N5O5. The Balaban J connectivity index is 0.000000301. The third-order valence-electron chi connectivity index (χ3n) is 6.04. The van der Waals surface area contributed by atoms with E-state index in [0.717, 1.165) is 38.3 Å². The van der Waals surface area contributed by atoms with Crippen LogP contribution >= 0.6 is 0 Å². The summed E-state index contributed by atoms with van der Waals surface area (Å²) in [6, 6.07) is 3.86. The minimum absolute atomic E-state index is 0.252. The molecule has 1 spiro atoms. The van der Waals surface area contributed by atoms with Gasteiger partial charge in [-0.3, -0.25) is 19.4 Å². The number of aromatic nitrogens is 3. The topological polar surface area (TPSA) is 129 Å². The Morgan fingerprint density at radius 2 is 1.68 bits per heavy atom. The van der Waals surface area contributed by atoms with Crippen LogP contribution in [0.2, 0.25) is 0 Å². The van der Waals surface area contributed by atoms with E-state index >= 15 is 0 Å². The average Bonchev–Trinajstić information content (AvgIpc) is 3.46. The van der Waals surface area contributed by atoms with Crippen LogP contribution in [0.3, 0.4) is 0 Å². The monoisotopic (exact) mass is 553 g/mol. The minimum Gasteiger partial charge on any atom is -0.475 e. The van der Waals surface area contributed by atoms with Gasteiger partial charge in [0.25, 0.3) is 0 Å². The molecule has 1 amide bonds. The summed E-state index contributed by atoms with van der Waals surface area (Å²) in [7, 11) is 1.93. The average molecular weight is 553 g/mol. The number of hydrogen-bond donors (Lipinski definition) is 2. The zero-order valence-corrected chi connectivity index (χ0v) is 20.2. The molecule has 0 radical (unpaired) electrons. The van der Waals surface area contributed by atoms with Crippen molar-refractivity contribution < 1.29 is 50.9 Å². The molecule has 4 heterocycles. The van der Waals surface area contributed by atoms with Gasteiger partial charge in [0, 0.05) is 51.2 Å². The number of carboxylic acids is 2. The SMILES string of the molecule is C[C@@H]1CN(Cc2cnn(C)c2)C[C@]12CCN(c1cccnc1)C2=O.O=C(O)C(F)(F)F.O=C(O)C(F)(F)F. The Labute approximate surface area is 212 Å². The van der Waals surface area contributed by atoms with Crippen molar-refractivity contribution in [3.63, 3.8) is 0 Å². The number of aliphatic carboxylic acids is 2. The fourth-order valence-electron chi connectivity index (χ4n) is 4.27. The van der Waals surface area contributed by atoms with E-state index in [4.69, 9.17) is 19.8 Å². The molecule has 2 saturated heterocycles. The van der Waals surface area contributed by atoms with Crippen LogP contribution in [0, 0.1) is 11.3 Å². The molecule has 2 N–H and O–H groups in total. The van der Waals surface area contributed by atoms with Gasteiger partial charge in [-0.1, -0.05) is 6.92 Å². The van der Waals surface area contributed by atoms with E-state index in [0.29, 0.717) is 5.92 Å². The predicted octanol–water partition coefficient (Wildman–Crippen LogP) is 2.96.